The lowest BCUT2D eigenvalue weighted by Gasteiger charge is -2.36. The van der Waals surface area contributed by atoms with Crippen LogP contribution in [0.15, 0.2) is 0 Å². The van der Waals surface area contributed by atoms with Gasteiger partial charge in [0.2, 0.25) is 0 Å². The fraction of sp³-hybridized carbons (Fsp3) is 1.00. The van der Waals surface area contributed by atoms with Crippen LogP contribution in [0.4, 0.5) is 0 Å². The molecule has 3 nitrogen and oxygen atoms in total. The van der Waals surface area contributed by atoms with Crippen molar-refractivity contribution in [1.82, 2.24) is 4.90 Å². The summed E-state index contributed by atoms with van der Waals surface area (Å²) in [6, 6.07) is 0.487. The predicted molar refractivity (Wildman–Crippen MR) is 52.7 cm³/mol. The van der Waals surface area contributed by atoms with E-state index in [1.807, 2.05) is 0 Å². The highest BCUT2D eigenvalue weighted by Crippen LogP contribution is 2.17. The lowest BCUT2D eigenvalue weighted by atomic mass is 10.0. The zero-order valence-corrected chi connectivity index (χ0v) is 8.86. The average Bonchev–Trinajstić information content (AvgIpc) is 2.09. The molecule has 1 unspecified atom stereocenters. The van der Waals surface area contributed by atoms with Gasteiger partial charge in [-0.25, -0.2) is 0 Å². The summed E-state index contributed by atoms with van der Waals surface area (Å²) in [6.45, 7) is 6.23. The second-order valence-electron chi connectivity index (χ2n) is 4.07. The third kappa shape index (κ3) is 3.25. The summed E-state index contributed by atoms with van der Waals surface area (Å²) in [6.07, 6.45) is 2.00. The summed E-state index contributed by atoms with van der Waals surface area (Å²) in [5.41, 5.74) is 0. The maximum atomic E-state index is 9.43. The number of aliphatic hydroxyl groups is 1. The molecule has 1 aliphatic rings. The average molecular weight is 187 g/mol. The number of methoxy groups -OCH3 is 1. The normalized spacial score (nSPS) is 33.2. The fourth-order valence-electron chi connectivity index (χ4n) is 1.87. The molecule has 0 aromatic rings. The first-order valence-electron chi connectivity index (χ1n) is 5.08. The van der Waals surface area contributed by atoms with E-state index in [4.69, 9.17) is 4.74 Å². The van der Waals surface area contributed by atoms with Crippen LogP contribution in [0, 0.1) is 0 Å². The molecule has 13 heavy (non-hydrogen) atoms. The van der Waals surface area contributed by atoms with Crippen molar-refractivity contribution in [2.24, 2.45) is 0 Å². The minimum atomic E-state index is -0.0934. The summed E-state index contributed by atoms with van der Waals surface area (Å²) >= 11 is 0. The number of likely N-dealkylation sites (tertiary alicyclic amines) is 1. The number of hydrogen-bond acceptors (Lipinski definition) is 3. The molecule has 78 valence electrons. The Labute approximate surface area is 80.7 Å². The van der Waals surface area contributed by atoms with Crippen LogP contribution in [0.25, 0.3) is 0 Å². The second-order valence-corrected chi connectivity index (χ2v) is 4.07. The summed E-state index contributed by atoms with van der Waals surface area (Å²) in [5.74, 6) is 0. The zero-order valence-electron chi connectivity index (χ0n) is 8.86. The Kier molecular flexibility index (Phi) is 4.16. The van der Waals surface area contributed by atoms with Crippen molar-refractivity contribution in [1.29, 1.82) is 0 Å². The summed E-state index contributed by atoms with van der Waals surface area (Å²) < 4.78 is 5.22. The van der Waals surface area contributed by atoms with E-state index in [1.54, 1.807) is 7.11 Å². The molecule has 0 radical (unpaired) electrons. The van der Waals surface area contributed by atoms with Gasteiger partial charge in [0.05, 0.1) is 12.2 Å². The van der Waals surface area contributed by atoms with Gasteiger partial charge in [-0.1, -0.05) is 0 Å². The van der Waals surface area contributed by atoms with Crippen LogP contribution in [0.3, 0.4) is 0 Å². The van der Waals surface area contributed by atoms with Gasteiger partial charge in [0.25, 0.3) is 0 Å². The number of aliphatic hydroxyl groups excluding tert-OH is 1. The number of piperidine rings is 1. The van der Waals surface area contributed by atoms with Crippen LogP contribution in [-0.2, 0) is 4.74 Å². The first-order chi connectivity index (χ1) is 6.13. The Morgan fingerprint density at radius 2 is 2.31 bits per heavy atom. The number of rotatable bonds is 3. The molecule has 0 amide bonds. The lowest BCUT2D eigenvalue weighted by molar-refractivity contribution is 0.0118. The van der Waals surface area contributed by atoms with Crippen LogP contribution in [-0.4, -0.2) is 48.5 Å². The van der Waals surface area contributed by atoms with Gasteiger partial charge in [0.1, 0.15) is 0 Å². The minimum absolute atomic E-state index is 0.0934. The van der Waals surface area contributed by atoms with Crippen molar-refractivity contribution in [2.75, 3.05) is 20.2 Å². The largest absolute Gasteiger partial charge is 0.393 e. The van der Waals surface area contributed by atoms with E-state index in [-0.39, 0.29) is 12.2 Å². The smallest absolute Gasteiger partial charge is 0.0670 e. The maximum Gasteiger partial charge on any atom is 0.0670 e. The summed E-state index contributed by atoms with van der Waals surface area (Å²) in [7, 11) is 1.74. The van der Waals surface area contributed by atoms with Crippen molar-refractivity contribution in [3.05, 3.63) is 0 Å². The summed E-state index contributed by atoms with van der Waals surface area (Å²) in [4.78, 5) is 2.39. The highest BCUT2D eigenvalue weighted by Gasteiger charge is 2.24. The maximum absolute atomic E-state index is 9.43. The van der Waals surface area contributed by atoms with Gasteiger partial charge in [-0.3, -0.25) is 4.90 Å². The predicted octanol–water partition coefficient (Wildman–Crippen LogP) is 0.866. The Balaban J connectivity index is 2.33. The third-order valence-corrected chi connectivity index (χ3v) is 2.88. The van der Waals surface area contributed by atoms with Crippen molar-refractivity contribution in [3.8, 4) is 0 Å². The standard InChI is InChI=1S/C10H21NO2/c1-8-6-10(12)4-5-11(8)7-9(2)13-3/h8-10,12H,4-7H2,1-3H3/t8-,9?,10-/m0/s1. The molecule has 0 spiro atoms. The van der Waals surface area contributed by atoms with Gasteiger partial charge >= 0.3 is 0 Å². The SMILES string of the molecule is COC(C)CN1CC[C@H](O)C[C@@H]1C. The van der Waals surface area contributed by atoms with Crippen LogP contribution in [0.5, 0.6) is 0 Å². The van der Waals surface area contributed by atoms with E-state index in [0.717, 1.165) is 25.9 Å². The lowest BCUT2D eigenvalue weighted by Crippen LogP contribution is -2.45. The van der Waals surface area contributed by atoms with Crippen LogP contribution >= 0.6 is 0 Å². The molecule has 1 rings (SSSR count). The number of hydrogen-bond donors (Lipinski definition) is 1. The van der Waals surface area contributed by atoms with Gasteiger partial charge in [0.15, 0.2) is 0 Å². The first-order valence-corrected chi connectivity index (χ1v) is 5.08. The van der Waals surface area contributed by atoms with Gasteiger partial charge in [-0.05, 0) is 26.7 Å². The van der Waals surface area contributed by atoms with Crippen LogP contribution in [0.2, 0.25) is 0 Å². The Hall–Kier alpha value is -0.120. The van der Waals surface area contributed by atoms with Crippen molar-refractivity contribution >= 4 is 0 Å². The van der Waals surface area contributed by atoms with Gasteiger partial charge in [-0.15, -0.1) is 0 Å². The second kappa shape index (κ2) is 4.94. The molecule has 1 aliphatic heterocycles. The highest BCUT2D eigenvalue weighted by atomic mass is 16.5. The third-order valence-electron chi connectivity index (χ3n) is 2.88. The number of nitrogens with zero attached hydrogens (tertiary/aromatic N) is 1. The topological polar surface area (TPSA) is 32.7 Å². The Bertz CT molecular complexity index is 152. The van der Waals surface area contributed by atoms with Crippen molar-refractivity contribution in [3.63, 3.8) is 0 Å². The van der Waals surface area contributed by atoms with Crippen LogP contribution < -0.4 is 0 Å². The Morgan fingerprint density at radius 3 is 2.85 bits per heavy atom. The molecule has 1 saturated heterocycles. The monoisotopic (exact) mass is 187 g/mol. The first kappa shape index (κ1) is 11.0. The van der Waals surface area contributed by atoms with E-state index < -0.39 is 0 Å². The molecular formula is C10H21NO2. The molecule has 0 saturated carbocycles. The minimum Gasteiger partial charge on any atom is -0.393 e. The number of ether oxygens (including phenoxy) is 1. The molecule has 1 fully saturated rings. The summed E-state index contributed by atoms with van der Waals surface area (Å²) in [5, 5.41) is 9.43. The van der Waals surface area contributed by atoms with Crippen molar-refractivity contribution in [2.45, 2.75) is 44.9 Å². The fourth-order valence-corrected chi connectivity index (χ4v) is 1.87. The van der Waals surface area contributed by atoms with Gasteiger partial charge in [-0.2, -0.15) is 0 Å². The molecule has 0 aromatic heterocycles. The molecule has 3 atom stereocenters. The molecule has 1 heterocycles. The Morgan fingerprint density at radius 1 is 1.62 bits per heavy atom. The molecular weight excluding hydrogens is 166 g/mol. The molecule has 0 bridgehead atoms. The van der Waals surface area contributed by atoms with E-state index in [1.165, 1.54) is 0 Å². The zero-order chi connectivity index (χ0) is 9.84. The highest BCUT2D eigenvalue weighted by molar-refractivity contribution is 4.79. The van der Waals surface area contributed by atoms with Crippen molar-refractivity contribution < 1.29 is 9.84 Å². The van der Waals surface area contributed by atoms with E-state index in [9.17, 15) is 5.11 Å². The van der Waals surface area contributed by atoms with E-state index in [2.05, 4.69) is 18.7 Å². The van der Waals surface area contributed by atoms with E-state index >= 15 is 0 Å². The molecule has 0 aliphatic carbocycles. The molecule has 3 heteroatoms. The molecule has 0 aromatic carbocycles. The van der Waals surface area contributed by atoms with Crippen LogP contribution in [0.1, 0.15) is 26.7 Å². The van der Waals surface area contributed by atoms with E-state index in [0.29, 0.717) is 6.04 Å². The van der Waals surface area contributed by atoms with Gasteiger partial charge in [0, 0.05) is 26.2 Å². The quantitative estimate of drug-likeness (QED) is 0.711. The molecule has 1 N–H and O–H groups in total. The van der Waals surface area contributed by atoms with Gasteiger partial charge < -0.3 is 9.84 Å².